The Kier molecular flexibility index (Phi) is 5.36. The number of phenolic OH excluding ortho intramolecular Hbond substituents is 2. The monoisotopic (exact) mass is 322 g/mol. The van der Waals surface area contributed by atoms with Crippen molar-refractivity contribution in [2.75, 3.05) is 13.1 Å². The van der Waals surface area contributed by atoms with Crippen molar-refractivity contribution in [2.24, 2.45) is 0 Å². The molecule has 0 aromatic heterocycles. The van der Waals surface area contributed by atoms with Gasteiger partial charge >= 0.3 is 6.09 Å². The van der Waals surface area contributed by atoms with Gasteiger partial charge in [0.05, 0.1) is 0 Å². The standard InChI is InChI=1S/C17H26N2O4/c1-17(2,3)23-16(22)19(13-5-6-13)9-8-18-11-12-4-7-14(20)15(21)10-12/h4,7,10,13,18,20-21H,5-6,8-9,11H2,1-3H3. The molecule has 1 aromatic carbocycles. The number of phenols is 2. The van der Waals surface area contributed by atoms with E-state index in [4.69, 9.17) is 4.74 Å². The van der Waals surface area contributed by atoms with Gasteiger partial charge in [-0.15, -0.1) is 0 Å². The molecule has 0 atom stereocenters. The Morgan fingerprint density at radius 3 is 2.57 bits per heavy atom. The minimum absolute atomic E-state index is 0.126. The maximum absolute atomic E-state index is 12.2. The molecule has 2 rings (SSSR count). The topological polar surface area (TPSA) is 82.0 Å². The summed E-state index contributed by atoms with van der Waals surface area (Å²) in [5.74, 6) is -0.253. The predicted octanol–water partition coefficient (Wildman–Crippen LogP) is 2.59. The molecule has 1 fully saturated rings. The summed E-state index contributed by atoms with van der Waals surface area (Å²) in [5, 5.41) is 22.0. The Morgan fingerprint density at radius 1 is 1.30 bits per heavy atom. The van der Waals surface area contributed by atoms with Gasteiger partial charge in [-0.05, 0) is 51.3 Å². The van der Waals surface area contributed by atoms with Crippen molar-refractivity contribution in [3.63, 3.8) is 0 Å². The van der Waals surface area contributed by atoms with Crippen LogP contribution >= 0.6 is 0 Å². The number of hydrogen-bond donors (Lipinski definition) is 3. The third-order valence-electron chi connectivity index (χ3n) is 3.51. The van der Waals surface area contributed by atoms with Crippen LogP contribution < -0.4 is 5.32 Å². The second kappa shape index (κ2) is 7.08. The van der Waals surface area contributed by atoms with E-state index in [1.165, 1.54) is 12.1 Å². The van der Waals surface area contributed by atoms with Crippen LogP contribution in [0.1, 0.15) is 39.2 Å². The highest BCUT2D eigenvalue weighted by atomic mass is 16.6. The number of carbonyl (C=O) groups excluding carboxylic acids is 1. The number of aromatic hydroxyl groups is 2. The number of carbonyl (C=O) groups is 1. The molecule has 0 aliphatic heterocycles. The Labute approximate surface area is 137 Å². The van der Waals surface area contributed by atoms with E-state index in [0.717, 1.165) is 18.4 Å². The molecule has 1 aliphatic carbocycles. The van der Waals surface area contributed by atoms with Crippen molar-refractivity contribution in [3.05, 3.63) is 23.8 Å². The zero-order chi connectivity index (χ0) is 17.0. The lowest BCUT2D eigenvalue weighted by atomic mass is 10.2. The first-order valence-corrected chi connectivity index (χ1v) is 7.97. The molecule has 6 nitrogen and oxygen atoms in total. The quantitative estimate of drug-likeness (QED) is 0.554. The molecule has 3 N–H and O–H groups in total. The minimum Gasteiger partial charge on any atom is -0.504 e. The van der Waals surface area contributed by atoms with Gasteiger partial charge in [-0.3, -0.25) is 0 Å². The van der Waals surface area contributed by atoms with Gasteiger partial charge in [-0.2, -0.15) is 0 Å². The molecule has 1 aromatic rings. The number of benzene rings is 1. The second-order valence-electron chi connectivity index (χ2n) is 6.90. The van der Waals surface area contributed by atoms with Crippen LogP contribution in [0.2, 0.25) is 0 Å². The first kappa shape index (κ1) is 17.4. The van der Waals surface area contributed by atoms with Gasteiger partial charge in [0.2, 0.25) is 0 Å². The number of hydrogen-bond acceptors (Lipinski definition) is 5. The van der Waals surface area contributed by atoms with Crippen LogP contribution in [0.15, 0.2) is 18.2 Å². The zero-order valence-electron chi connectivity index (χ0n) is 14.0. The molecular formula is C17H26N2O4. The fourth-order valence-corrected chi connectivity index (χ4v) is 2.24. The van der Waals surface area contributed by atoms with Crippen LogP contribution in [0, 0.1) is 0 Å². The minimum atomic E-state index is -0.485. The molecule has 0 unspecified atom stereocenters. The van der Waals surface area contributed by atoms with Gasteiger partial charge in [0.25, 0.3) is 0 Å². The Bertz CT molecular complexity index is 550. The molecule has 0 heterocycles. The zero-order valence-corrected chi connectivity index (χ0v) is 14.0. The van der Waals surface area contributed by atoms with Crippen molar-refractivity contribution in [2.45, 2.75) is 51.8 Å². The molecule has 0 radical (unpaired) electrons. The molecule has 0 bridgehead atoms. The second-order valence-corrected chi connectivity index (χ2v) is 6.90. The predicted molar refractivity (Wildman–Crippen MR) is 87.4 cm³/mol. The SMILES string of the molecule is CC(C)(C)OC(=O)N(CCNCc1ccc(O)c(O)c1)C1CC1. The van der Waals surface area contributed by atoms with E-state index in [2.05, 4.69) is 5.32 Å². The van der Waals surface area contributed by atoms with Crippen molar-refractivity contribution in [3.8, 4) is 11.5 Å². The number of nitrogens with zero attached hydrogens (tertiary/aromatic N) is 1. The van der Waals surface area contributed by atoms with Crippen LogP contribution in [0.4, 0.5) is 4.79 Å². The third kappa shape index (κ3) is 5.63. The summed E-state index contributed by atoms with van der Waals surface area (Å²) in [6, 6.07) is 5.02. The van der Waals surface area contributed by atoms with E-state index in [0.29, 0.717) is 25.7 Å². The summed E-state index contributed by atoms with van der Waals surface area (Å²) in [5.41, 5.74) is 0.386. The van der Waals surface area contributed by atoms with Crippen LogP contribution in [-0.2, 0) is 11.3 Å². The first-order chi connectivity index (χ1) is 10.8. The summed E-state index contributed by atoms with van der Waals surface area (Å²) in [4.78, 5) is 14.0. The van der Waals surface area contributed by atoms with Crippen molar-refractivity contribution in [1.29, 1.82) is 0 Å². The number of amides is 1. The lowest BCUT2D eigenvalue weighted by Gasteiger charge is -2.27. The molecular weight excluding hydrogens is 296 g/mol. The van der Waals surface area contributed by atoms with Gasteiger partial charge in [-0.25, -0.2) is 4.79 Å². The largest absolute Gasteiger partial charge is 0.504 e. The fourth-order valence-electron chi connectivity index (χ4n) is 2.24. The highest BCUT2D eigenvalue weighted by Crippen LogP contribution is 2.28. The Morgan fingerprint density at radius 2 is 2.00 bits per heavy atom. The number of nitrogens with one attached hydrogen (secondary N) is 1. The molecule has 1 aliphatic rings. The van der Waals surface area contributed by atoms with E-state index < -0.39 is 5.60 Å². The third-order valence-corrected chi connectivity index (χ3v) is 3.51. The van der Waals surface area contributed by atoms with Crippen LogP contribution in [0.3, 0.4) is 0 Å². The lowest BCUT2D eigenvalue weighted by molar-refractivity contribution is 0.0236. The smallest absolute Gasteiger partial charge is 0.410 e. The van der Waals surface area contributed by atoms with E-state index in [1.807, 2.05) is 20.8 Å². The lowest BCUT2D eigenvalue weighted by Crippen LogP contribution is -2.41. The number of rotatable bonds is 6. The highest BCUT2D eigenvalue weighted by molar-refractivity contribution is 5.69. The van der Waals surface area contributed by atoms with Gasteiger partial charge in [0.15, 0.2) is 11.5 Å². The first-order valence-electron chi connectivity index (χ1n) is 7.97. The van der Waals surface area contributed by atoms with Crippen molar-refractivity contribution in [1.82, 2.24) is 10.2 Å². The Hall–Kier alpha value is -1.95. The molecule has 6 heteroatoms. The van der Waals surface area contributed by atoms with Crippen LogP contribution in [-0.4, -0.2) is 45.9 Å². The molecule has 1 saturated carbocycles. The summed E-state index contributed by atoms with van der Waals surface area (Å²) < 4.78 is 5.44. The normalized spacial score (nSPS) is 14.6. The molecule has 23 heavy (non-hydrogen) atoms. The summed E-state index contributed by atoms with van der Waals surface area (Å²) >= 11 is 0. The van der Waals surface area contributed by atoms with Gasteiger partial charge in [-0.1, -0.05) is 6.07 Å². The van der Waals surface area contributed by atoms with Gasteiger partial charge < -0.3 is 25.2 Å². The van der Waals surface area contributed by atoms with Crippen LogP contribution in [0.25, 0.3) is 0 Å². The van der Waals surface area contributed by atoms with Gasteiger partial charge in [0, 0.05) is 25.7 Å². The molecule has 128 valence electrons. The molecule has 0 spiro atoms. The number of ether oxygens (including phenoxy) is 1. The summed E-state index contributed by atoms with van der Waals surface area (Å²) in [6.45, 7) is 7.38. The summed E-state index contributed by atoms with van der Waals surface area (Å²) in [7, 11) is 0. The van der Waals surface area contributed by atoms with Crippen molar-refractivity contribution >= 4 is 6.09 Å². The van der Waals surface area contributed by atoms with Gasteiger partial charge in [0.1, 0.15) is 5.60 Å². The average Bonchev–Trinajstić information content (AvgIpc) is 3.25. The van der Waals surface area contributed by atoms with E-state index in [-0.39, 0.29) is 17.6 Å². The fraction of sp³-hybridized carbons (Fsp3) is 0.588. The molecule has 0 saturated heterocycles. The van der Waals surface area contributed by atoms with E-state index in [1.54, 1.807) is 11.0 Å². The van der Waals surface area contributed by atoms with Crippen molar-refractivity contribution < 1.29 is 19.7 Å². The average molecular weight is 322 g/mol. The van der Waals surface area contributed by atoms with E-state index in [9.17, 15) is 15.0 Å². The maximum atomic E-state index is 12.2. The summed E-state index contributed by atoms with van der Waals surface area (Å²) in [6.07, 6.45) is 1.81. The van der Waals surface area contributed by atoms with Crippen LogP contribution in [0.5, 0.6) is 11.5 Å². The molecule has 1 amide bonds. The Balaban J connectivity index is 1.78. The maximum Gasteiger partial charge on any atom is 0.410 e. The highest BCUT2D eigenvalue weighted by Gasteiger charge is 2.34. The van der Waals surface area contributed by atoms with E-state index >= 15 is 0 Å².